The van der Waals surface area contributed by atoms with Gasteiger partial charge in [-0.2, -0.15) is 0 Å². The molecule has 3 unspecified atom stereocenters. The van der Waals surface area contributed by atoms with Crippen LogP contribution in [0.25, 0.3) is 0 Å². The van der Waals surface area contributed by atoms with Crippen molar-refractivity contribution in [1.29, 1.82) is 0 Å². The van der Waals surface area contributed by atoms with Crippen molar-refractivity contribution in [2.24, 2.45) is 5.73 Å². The number of benzene rings is 1. The third kappa shape index (κ3) is 5.15. The average Bonchev–Trinajstić information content (AvgIpc) is 2.71. The number of nitrogens with two attached hydrogens (primary N) is 1. The zero-order valence-corrected chi connectivity index (χ0v) is 20.3. The smallest absolute Gasteiger partial charge is 0.318 e. The molecule has 4 N–H and O–H groups in total. The number of nitrogens with one attached hydrogen (secondary N) is 1. The van der Waals surface area contributed by atoms with E-state index in [4.69, 9.17) is 10.5 Å². The Hall–Kier alpha value is -2.38. The number of aryl methyl sites for hydroxylation is 1. The number of allylic oxidation sites excluding steroid dienone is 1. The van der Waals surface area contributed by atoms with E-state index in [2.05, 4.69) is 30.1 Å². The number of rotatable bonds is 8. The van der Waals surface area contributed by atoms with Crippen molar-refractivity contribution in [3.63, 3.8) is 0 Å². The van der Waals surface area contributed by atoms with Gasteiger partial charge in [0, 0.05) is 24.4 Å². The van der Waals surface area contributed by atoms with Crippen LogP contribution in [-0.2, 0) is 10.2 Å². The van der Waals surface area contributed by atoms with Gasteiger partial charge in [-0.25, -0.2) is 4.79 Å². The maximum atomic E-state index is 12.9. The van der Waals surface area contributed by atoms with Gasteiger partial charge < -0.3 is 15.6 Å². The molecule has 178 valence electrons. The molecule has 3 amide bonds. The number of hydrogen-bond acceptors (Lipinski definition) is 5. The fourth-order valence-electron chi connectivity index (χ4n) is 5.23. The lowest BCUT2D eigenvalue weighted by molar-refractivity contribution is -0.149. The second-order valence-corrected chi connectivity index (χ2v) is 9.23. The van der Waals surface area contributed by atoms with Crippen LogP contribution in [0.3, 0.4) is 0 Å². The van der Waals surface area contributed by atoms with Gasteiger partial charge in [-0.3, -0.25) is 15.0 Å². The van der Waals surface area contributed by atoms with Gasteiger partial charge in [-0.15, -0.1) is 0 Å². The Kier molecular flexibility index (Phi) is 8.48. The molecule has 0 aromatic heterocycles. The highest BCUT2D eigenvalue weighted by atomic mass is 16.5. The van der Waals surface area contributed by atoms with Crippen molar-refractivity contribution >= 4 is 11.9 Å². The summed E-state index contributed by atoms with van der Waals surface area (Å²) in [5, 5.41) is 14.6. The number of piperidine rings is 1. The normalized spacial score (nSPS) is 25.8. The molecule has 1 aliphatic heterocycles. The van der Waals surface area contributed by atoms with Gasteiger partial charge in [-0.05, 0) is 70.3 Å². The van der Waals surface area contributed by atoms with Crippen molar-refractivity contribution < 1.29 is 19.4 Å². The van der Waals surface area contributed by atoms with Crippen LogP contribution in [0.4, 0.5) is 4.79 Å². The number of carbonyl (C=O) groups excluding carboxylic acids is 2. The molecule has 0 spiro atoms. The van der Waals surface area contributed by atoms with Gasteiger partial charge in [0.1, 0.15) is 5.75 Å². The lowest BCUT2D eigenvalue weighted by Crippen LogP contribution is -2.68. The fourth-order valence-corrected chi connectivity index (χ4v) is 5.23. The van der Waals surface area contributed by atoms with Crippen molar-refractivity contribution in [3.8, 4) is 5.75 Å². The number of carbonyl (C=O) groups is 2. The zero-order chi connectivity index (χ0) is 24.1. The number of hydrogen-bond donors (Lipinski definition) is 3. The summed E-state index contributed by atoms with van der Waals surface area (Å²) in [6.07, 6.45) is 3.94. The van der Waals surface area contributed by atoms with E-state index in [1.165, 1.54) is 5.57 Å². The monoisotopic (exact) mass is 445 g/mol. The lowest BCUT2D eigenvalue weighted by Gasteiger charge is -2.58. The first-order chi connectivity index (χ1) is 15.0. The summed E-state index contributed by atoms with van der Waals surface area (Å²) in [5.41, 5.74) is 6.19. The third-order valence-corrected chi connectivity index (χ3v) is 6.94. The van der Waals surface area contributed by atoms with E-state index < -0.39 is 23.0 Å². The first-order valence-corrected chi connectivity index (χ1v) is 11.3. The number of methoxy groups -OCH3 is 1. The Labute approximate surface area is 192 Å². The number of ether oxygens (including phenoxy) is 1. The molecule has 1 aromatic rings. The number of amides is 3. The molecule has 1 aliphatic rings. The van der Waals surface area contributed by atoms with Gasteiger partial charge in [0.05, 0.1) is 12.7 Å². The van der Waals surface area contributed by atoms with E-state index in [9.17, 15) is 14.7 Å². The second kappa shape index (κ2) is 10.5. The van der Waals surface area contributed by atoms with Gasteiger partial charge in [0.2, 0.25) is 5.91 Å². The first-order valence-electron chi connectivity index (χ1n) is 11.3. The van der Waals surface area contributed by atoms with Gasteiger partial charge in [-0.1, -0.05) is 31.1 Å². The highest BCUT2D eigenvalue weighted by molar-refractivity contribution is 5.94. The average molecular weight is 446 g/mol. The quantitative estimate of drug-likeness (QED) is 0.532. The molecular formula is C25H39N3O4. The minimum atomic E-state index is -1.21. The molecule has 2 rings (SSSR count). The topological polar surface area (TPSA) is 105 Å². The minimum absolute atomic E-state index is 0.0404. The Balaban J connectivity index is 2.68. The predicted octanol–water partition coefficient (Wildman–Crippen LogP) is 3.42. The number of nitrogens with zero attached hydrogens (tertiary/aromatic N) is 1. The summed E-state index contributed by atoms with van der Waals surface area (Å²) in [6, 6.07) is 4.65. The van der Waals surface area contributed by atoms with E-state index in [1.54, 1.807) is 7.11 Å². The van der Waals surface area contributed by atoms with Crippen LogP contribution in [0.15, 0.2) is 29.8 Å². The lowest BCUT2D eigenvalue weighted by atomic mass is 9.56. The molecule has 0 aliphatic carbocycles. The third-order valence-electron chi connectivity index (χ3n) is 6.94. The number of primary amides is 1. The van der Waals surface area contributed by atoms with E-state index in [0.29, 0.717) is 25.1 Å². The molecule has 0 bridgehead atoms. The molecule has 0 saturated carbocycles. The number of likely N-dealkylation sites (tertiary alicyclic amines) is 1. The molecule has 7 nitrogen and oxygen atoms in total. The maximum Gasteiger partial charge on any atom is 0.318 e. The standard InChI is InChI=1S/C25H39N3O4/c1-7-11-25(31)19(5)28(13-10-17(2)3)14-12-24(25,16-22(29)27-23(26)30)21-15-20(32-6)9-8-18(21)4/h8-10,15,19,31H,7,11-14,16H2,1-6H3,(H3,26,27,29,30). The number of urea groups is 1. The highest BCUT2D eigenvalue weighted by Crippen LogP contribution is 2.51. The van der Waals surface area contributed by atoms with Gasteiger partial charge in [0.15, 0.2) is 0 Å². The van der Waals surface area contributed by atoms with Crippen LogP contribution in [0.2, 0.25) is 0 Å². The Morgan fingerprint density at radius 2 is 2.06 bits per heavy atom. The largest absolute Gasteiger partial charge is 0.497 e. The molecular weight excluding hydrogens is 406 g/mol. The van der Waals surface area contributed by atoms with Crippen LogP contribution in [-0.4, -0.2) is 53.8 Å². The van der Waals surface area contributed by atoms with Crippen molar-refractivity contribution in [2.45, 2.75) is 77.4 Å². The number of imide groups is 1. The summed E-state index contributed by atoms with van der Waals surface area (Å²) in [4.78, 5) is 26.6. The summed E-state index contributed by atoms with van der Waals surface area (Å²) in [7, 11) is 1.60. The van der Waals surface area contributed by atoms with Crippen molar-refractivity contribution in [1.82, 2.24) is 10.2 Å². The summed E-state index contributed by atoms with van der Waals surface area (Å²) < 4.78 is 5.48. The van der Waals surface area contributed by atoms with E-state index >= 15 is 0 Å². The number of aliphatic hydroxyl groups is 1. The Morgan fingerprint density at radius 3 is 2.62 bits per heavy atom. The second-order valence-electron chi connectivity index (χ2n) is 9.23. The van der Waals surface area contributed by atoms with Crippen LogP contribution < -0.4 is 15.8 Å². The Bertz CT molecular complexity index is 865. The predicted molar refractivity (Wildman–Crippen MR) is 127 cm³/mol. The van der Waals surface area contributed by atoms with Crippen LogP contribution in [0.5, 0.6) is 5.75 Å². The Morgan fingerprint density at radius 1 is 1.38 bits per heavy atom. The van der Waals surface area contributed by atoms with Crippen LogP contribution in [0, 0.1) is 6.92 Å². The van der Waals surface area contributed by atoms with E-state index in [1.807, 2.05) is 39.0 Å². The van der Waals surface area contributed by atoms with Crippen molar-refractivity contribution in [2.75, 3.05) is 20.2 Å². The zero-order valence-electron chi connectivity index (χ0n) is 20.3. The van der Waals surface area contributed by atoms with Gasteiger partial charge in [0.25, 0.3) is 0 Å². The van der Waals surface area contributed by atoms with Gasteiger partial charge >= 0.3 is 6.03 Å². The molecule has 1 fully saturated rings. The van der Waals surface area contributed by atoms with Crippen molar-refractivity contribution in [3.05, 3.63) is 41.0 Å². The summed E-state index contributed by atoms with van der Waals surface area (Å²) in [6.45, 7) is 11.6. The fraction of sp³-hybridized carbons (Fsp3) is 0.600. The minimum Gasteiger partial charge on any atom is -0.497 e. The summed E-state index contributed by atoms with van der Waals surface area (Å²) >= 11 is 0. The maximum absolute atomic E-state index is 12.9. The molecule has 7 heteroatoms. The molecule has 3 atom stereocenters. The van der Waals surface area contributed by atoms with Crippen LogP contribution in [0.1, 0.15) is 64.5 Å². The molecule has 1 saturated heterocycles. The first kappa shape index (κ1) is 25.9. The molecule has 1 aromatic carbocycles. The molecule has 1 heterocycles. The van der Waals surface area contributed by atoms with Crippen LogP contribution >= 0.6 is 0 Å². The summed E-state index contributed by atoms with van der Waals surface area (Å²) in [5.74, 6) is 0.179. The molecule has 32 heavy (non-hydrogen) atoms. The SMILES string of the molecule is CCCC1(O)C(C)N(CC=C(C)C)CCC1(CC(=O)NC(N)=O)c1cc(OC)ccc1C. The van der Waals surface area contributed by atoms with E-state index in [-0.39, 0.29) is 12.5 Å². The van der Waals surface area contributed by atoms with E-state index in [0.717, 1.165) is 24.1 Å². The highest BCUT2D eigenvalue weighted by Gasteiger charge is 2.59. The molecule has 0 radical (unpaired) electrons.